The first-order valence-corrected chi connectivity index (χ1v) is 15.2. The van der Waals surface area contributed by atoms with Crippen LogP contribution in [0.15, 0.2) is 36.5 Å². The van der Waals surface area contributed by atoms with Crippen LogP contribution in [-0.2, 0) is 32.1 Å². The smallest absolute Gasteiger partial charge is 0.412 e. The standard InChI is InChI=1S/C33H31F4N3O10/c1-47-23-4-3-5-24(30(23)48-2)50-33(46)39-19-7-6-15-8-9-40-13-16(10-21(41)26(19)29(15)40)32(45)38-20(12-25(43)44)22(42)14-49-31-27(36)17(34)11-18(35)28(31)37/h3-5,8-9,11,16,19-20,26H,6-7,10,12-14H2,1-2H3,(H,38,45)(H,39,46)(H,43,44). The van der Waals surface area contributed by atoms with Crippen LogP contribution >= 0.6 is 0 Å². The molecule has 1 aromatic heterocycles. The fourth-order valence-electron chi connectivity index (χ4n) is 6.18. The fraction of sp³-hybridized carbons (Fsp3) is 0.364. The average Bonchev–Trinajstić information content (AvgIpc) is 3.41. The molecule has 1 aliphatic carbocycles. The maximum atomic E-state index is 14.0. The summed E-state index contributed by atoms with van der Waals surface area (Å²) < 4.78 is 77.5. The first kappa shape index (κ1) is 35.7. The molecule has 1 aliphatic heterocycles. The van der Waals surface area contributed by atoms with Gasteiger partial charge in [0.2, 0.25) is 23.3 Å². The Kier molecular flexibility index (Phi) is 10.6. The number of hydrogen-bond acceptors (Lipinski definition) is 9. The number of hydrogen-bond donors (Lipinski definition) is 3. The zero-order valence-electron chi connectivity index (χ0n) is 26.6. The number of halogens is 4. The fourth-order valence-corrected chi connectivity index (χ4v) is 6.18. The van der Waals surface area contributed by atoms with Crippen molar-refractivity contribution in [3.05, 3.63) is 71.1 Å². The molecule has 5 rings (SSSR count). The third-order valence-corrected chi connectivity index (χ3v) is 8.48. The average molecular weight is 706 g/mol. The third kappa shape index (κ3) is 7.35. The number of ether oxygens (including phenoxy) is 4. The van der Waals surface area contributed by atoms with E-state index in [0.29, 0.717) is 24.3 Å². The molecule has 3 N–H and O–H groups in total. The van der Waals surface area contributed by atoms with Crippen molar-refractivity contribution in [2.75, 3.05) is 20.8 Å². The third-order valence-electron chi connectivity index (χ3n) is 8.48. The summed E-state index contributed by atoms with van der Waals surface area (Å²) in [4.78, 5) is 64.7. The van der Waals surface area contributed by atoms with E-state index >= 15 is 0 Å². The van der Waals surface area contributed by atoms with Gasteiger partial charge in [-0.15, -0.1) is 0 Å². The minimum absolute atomic E-state index is 0.0505. The van der Waals surface area contributed by atoms with E-state index in [-0.39, 0.29) is 30.5 Å². The number of aryl methyl sites for hydroxylation is 1. The number of benzene rings is 2. The van der Waals surface area contributed by atoms with Crippen LogP contribution < -0.4 is 29.6 Å². The van der Waals surface area contributed by atoms with Crippen molar-refractivity contribution in [2.24, 2.45) is 5.92 Å². The summed E-state index contributed by atoms with van der Waals surface area (Å²) in [6, 6.07) is 3.90. The molecule has 0 saturated carbocycles. The Morgan fingerprint density at radius 2 is 1.70 bits per heavy atom. The van der Waals surface area contributed by atoms with Gasteiger partial charge in [0.15, 0.2) is 34.7 Å². The Morgan fingerprint density at radius 1 is 1.00 bits per heavy atom. The number of aliphatic carboxylic acids is 1. The van der Waals surface area contributed by atoms with E-state index in [1.54, 1.807) is 29.0 Å². The Morgan fingerprint density at radius 3 is 2.36 bits per heavy atom. The van der Waals surface area contributed by atoms with Crippen LogP contribution in [0.4, 0.5) is 22.4 Å². The highest BCUT2D eigenvalue weighted by Crippen LogP contribution is 2.39. The summed E-state index contributed by atoms with van der Waals surface area (Å²) in [5.41, 5.74) is 1.41. The van der Waals surface area contributed by atoms with Gasteiger partial charge in [0.1, 0.15) is 18.4 Å². The molecule has 0 bridgehead atoms. The number of carbonyl (C=O) groups excluding carboxylic acids is 4. The van der Waals surface area contributed by atoms with Gasteiger partial charge in [-0.2, -0.15) is 8.78 Å². The number of aromatic nitrogens is 1. The molecule has 2 heterocycles. The topological polar surface area (TPSA) is 171 Å². The molecule has 2 aliphatic rings. The number of amides is 2. The van der Waals surface area contributed by atoms with Crippen LogP contribution in [0.1, 0.15) is 36.4 Å². The van der Waals surface area contributed by atoms with E-state index in [2.05, 4.69) is 15.4 Å². The summed E-state index contributed by atoms with van der Waals surface area (Å²) in [5.74, 6) is -14.4. The first-order valence-electron chi connectivity index (χ1n) is 15.2. The highest BCUT2D eigenvalue weighted by Gasteiger charge is 2.43. The highest BCUT2D eigenvalue weighted by molar-refractivity contribution is 5.96. The number of ketones is 2. The number of carboxylic acids is 1. The molecule has 2 amide bonds. The highest BCUT2D eigenvalue weighted by atomic mass is 19.2. The lowest BCUT2D eigenvalue weighted by atomic mass is 9.79. The van der Waals surface area contributed by atoms with Gasteiger partial charge in [0.25, 0.3) is 0 Å². The quantitative estimate of drug-likeness (QED) is 0.187. The predicted octanol–water partition coefficient (Wildman–Crippen LogP) is 3.45. The molecular weight excluding hydrogens is 674 g/mol. The van der Waals surface area contributed by atoms with E-state index < -0.39 is 95.5 Å². The van der Waals surface area contributed by atoms with Gasteiger partial charge in [-0.25, -0.2) is 13.6 Å². The lowest BCUT2D eigenvalue weighted by Crippen LogP contribution is -2.47. The largest absolute Gasteiger partial charge is 0.493 e. The Bertz CT molecular complexity index is 1820. The van der Waals surface area contributed by atoms with Crippen LogP contribution in [0, 0.1) is 29.2 Å². The molecule has 0 spiro atoms. The van der Waals surface area contributed by atoms with Crippen molar-refractivity contribution < 1.29 is 65.6 Å². The van der Waals surface area contributed by atoms with Crippen molar-refractivity contribution in [3.63, 3.8) is 0 Å². The number of nitrogens with zero attached hydrogens (tertiary/aromatic N) is 1. The molecule has 50 heavy (non-hydrogen) atoms. The van der Waals surface area contributed by atoms with Crippen LogP contribution in [0.25, 0.3) is 0 Å². The normalized spacial score (nSPS) is 18.6. The van der Waals surface area contributed by atoms with E-state index in [4.69, 9.17) is 14.2 Å². The van der Waals surface area contributed by atoms with Crippen LogP contribution in [0.2, 0.25) is 0 Å². The lowest BCUT2D eigenvalue weighted by molar-refractivity contribution is -0.141. The maximum absolute atomic E-state index is 14.0. The molecule has 0 radical (unpaired) electrons. The molecule has 17 heteroatoms. The van der Waals surface area contributed by atoms with Gasteiger partial charge in [-0.3, -0.25) is 19.2 Å². The van der Waals surface area contributed by atoms with E-state index in [9.17, 15) is 46.6 Å². The van der Waals surface area contributed by atoms with Crippen molar-refractivity contribution in [1.29, 1.82) is 0 Å². The zero-order chi connectivity index (χ0) is 36.3. The van der Waals surface area contributed by atoms with E-state index in [1.165, 1.54) is 20.3 Å². The molecule has 3 aromatic rings. The summed E-state index contributed by atoms with van der Waals surface area (Å²) in [6.07, 6.45) is 0.311. The Hall–Kier alpha value is -5.61. The molecule has 266 valence electrons. The Labute approximate surface area is 281 Å². The molecule has 0 fully saturated rings. The molecule has 4 unspecified atom stereocenters. The second-order valence-electron chi connectivity index (χ2n) is 11.6. The first-order chi connectivity index (χ1) is 23.8. The van der Waals surface area contributed by atoms with Crippen LogP contribution in [-0.4, -0.2) is 72.1 Å². The predicted molar refractivity (Wildman–Crippen MR) is 162 cm³/mol. The number of nitrogens with one attached hydrogen (secondary N) is 2. The van der Waals surface area contributed by atoms with Gasteiger partial charge < -0.3 is 39.3 Å². The number of para-hydroxylation sites is 1. The Balaban J connectivity index is 1.30. The van der Waals surface area contributed by atoms with Crippen molar-refractivity contribution in [1.82, 2.24) is 15.2 Å². The monoisotopic (exact) mass is 705 g/mol. The van der Waals surface area contributed by atoms with Gasteiger partial charge in [0, 0.05) is 37.0 Å². The van der Waals surface area contributed by atoms with Crippen LogP contribution in [0.5, 0.6) is 23.0 Å². The second-order valence-corrected chi connectivity index (χ2v) is 11.6. The van der Waals surface area contributed by atoms with E-state index in [0.717, 1.165) is 5.56 Å². The number of carboxylic acid groups (broad SMARTS) is 1. The van der Waals surface area contributed by atoms with Gasteiger partial charge in [-0.05, 0) is 36.6 Å². The number of rotatable bonds is 12. The summed E-state index contributed by atoms with van der Waals surface area (Å²) in [6.45, 7) is -1.30. The van der Waals surface area contributed by atoms with Crippen molar-refractivity contribution >= 4 is 29.5 Å². The minimum Gasteiger partial charge on any atom is -0.493 e. The molecule has 0 saturated heterocycles. The SMILES string of the molecule is COc1cccc(OC(=O)NC2CCc3ccn4c3C2C(=O)CC(C(=O)NC(CC(=O)O)C(=O)COc2c(F)c(F)cc(F)c2F)C4)c1OC. The van der Waals surface area contributed by atoms with Gasteiger partial charge in [-0.1, -0.05) is 6.07 Å². The summed E-state index contributed by atoms with van der Waals surface area (Å²) in [5, 5.41) is 14.4. The van der Waals surface area contributed by atoms with Gasteiger partial charge in [0.05, 0.1) is 32.5 Å². The summed E-state index contributed by atoms with van der Waals surface area (Å²) in [7, 11) is 2.80. The number of carbonyl (C=O) groups is 5. The minimum atomic E-state index is -1.91. The molecule has 4 atom stereocenters. The molecule has 13 nitrogen and oxygen atoms in total. The van der Waals surface area contributed by atoms with Crippen molar-refractivity contribution in [3.8, 4) is 23.0 Å². The molecule has 2 aromatic carbocycles. The lowest BCUT2D eigenvalue weighted by Gasteiger charge is -2.31. The number of methoxy groups -OCH3 is 2. The molecular formula is C33H31F4N3O10. The number of Topliss-reactive ketones (excluding diaryl/α,β-unsaturated/α-hetero) is 2. The maximum Gasteiger partial charge on any atom is 0.412 e. The van der Waals surface area contributed by atoms with Crippen LogP contribution in [0.3, 0.4) is 0 Å². The van der Waals surface area contributed by atoms with E-state index in [1.807, 2.05) is 0 Å². The van der Waals surface area contributed by atoms with Crippen molar-refractivity contribution in [2.45, 2.75) is 50.2 Å². The second kappa shape index (κ2) is 14.9. The summed E-state index contributed by atoms with van der Waals surface area (Å²) >= 11 is 0. The zero-order valence-corrected chi connectivity index (χ0v) is 26.6. The van der Waals surface area contributed by atoms with Gasteiger partial charge >= 0.3 is 12.1 Å².